The first kappa shape index (κ1) is 32.6. The van der Waals surface area contributed by atoms with Crippen LogP contribution in [0.5, 0.6) is 0 Å². The van der Waals surface area contributed by atoms with Crippen molar-refractivity contribution in [1.29, 1.82) is 0 Å². The molecule has 3 heterocycles. The number of carbonyl (C=O) groups is 1. The van der Waals surface area contributed by atoms with Crippen LogP contribution in [0.2, 0.25) is 36.3 Å². The normalized spacial score (nSPS) is 27.2. The molecule has 0 aliphatic carbocycles. The second-order valence-corrected chi connectivity index (χ2v) is 24.5. The molecular weight excluding hydrogens is 573 g/mol. The largest absolute Gasteiger partial charge is 0.414 e. The summed E-state index contributed by atoms with van der Waals surface area (Å²) in [6.07, 6.45) is -1.91. The Morgan fingerprint density at radius 1 is 1.15 bits per heavy atom. The van der Waals surface area contributed by atoms with E-state index >= 15 is 0 Å². The van der Waals surface area contributed by atoms with Gasteiger partial charge in [0.2, 0.25) is 5.91 Å². The van der Waals surface area contributed by atoms with Gasteiger partial charge in [-0.3, -0.25) is 9.36 Å². The fourth-order valence-corrected chi connectivity index (χ4v) is 7.58. The second kappa shape index (κ2) is 10.4. The molecule has 0 aromatic carbocycles. The fraction of sp³-hybridized carbons (Fsp3) is 0.720. The van der Waals surface area contributed by atoms with Crippen LogP contribution in [-0.4, -0.2) is 64.9 Å². The number of carbonyl (C=O) groups excluding carboxylic acids is 1. The van der Waals surface area contributed by atoms with E-state index in [-0.39, 0.29) is 34.1 Å². The van der Waals surface area contributed by atoms with Gasteiger partial charge < -0.3 is 24.6 Å². The molecule has 15 heteroatoms. The van der Waals surface area contributed by atoms with Crippen LogP contribution < -0.4 is 16.7 Å². The summed E-state index contributed by atoms with van der Waals surface area (Å²) >= 11 is 0. The highest BCUT2D eigenvalue weighted by atomic mass is 32.2. The van der Waals surface area contributed by atoms with Crippen LogP contribution in [0.25, 0.3) is 0 Å². The molecule has 1 fully saturated rings. The van der Waals surface area contributed by atoms with Gasteiger partial charge in [-0.05, 0) is 42.3 Å². The first-order valence-electron chi connectivity index (χ1n) is 13.2. The number of aromatic nitrogens is 2. The average Bonchev–Trinajstić information content (AvgIpc) is 3.17. The van der Waals surface area contributed by atoms with Crippen molar-refractivity contribution in [2.24, 2.45) is 5.73 Å². The molecule has 1 amide bonds. The van der Waals surface area contributed by atoms with E-state index in [1.54, 1.807) is 0 Å². The molecule has 226 valence electrons. The molecule has 3 rings (SSSR count). The van der Waals surface area contributed by atoms with E-state index in [9.17, 15) is 18.0 Å². The molecule has 0 unspecified atom stereocenters. The minimum atomic E-state index is -4.19. The van der Waals surface area contributed by atoms with E-state index in [4.69, 9.17) is 23.5 Å². The minimum Gasteiger partial charge on any atom is -0.414 e. The van der Waals surface area contributed by atoms with Gasteiger partial charge in [-0.2, -0.15) is 13.4 Å². The highest BCUT2D eigenvalue weighted by molar-refractivity contribution is 7.90. The summed E-state index contributed by atoms with van der Waals surface area (Å²) in [4.78, 5) is 28.7. The van der Waals surface area contributed by atoms with Gasteiger partial charge in [0.15, 0.2) is 28.5 Å². The molecule has 0 saturated carbocycles. The number of nitrogens with two attached hydrogens (primary N) is 1. The van der Waals surface area contributed by atoms with Crippen molar-refractivity contribution in [3.63, 3.8) is 0 Å². The molecule has 4 atom stereocenters. The summed E-state index contributed by atoms with van der Waals surface area (Å²) in [5.41, 5.74) is 3.86. The minimum absolute atomic E-state index is 0.0411. The Kier molecular flexibility index (Phi) is 8.51. The van der Waals surface area contributed by atoms with Crippen molar-refractivity contribution in [2.45, 2.75) is 109 Å². The number of nitrogens with one attached hydrogen (secondary N) is 1. The molecule has 1 spiro atoms. The Hall–Kier alpha value is -1.89. The van der Waals surface area contributed by atoms with Gasteiger partial charge in [-0.15, -0.1) is 0 Å². The smallest absolute Gasteiger partial charge is 0.351 e. The van der Waals surface area contributed by atoms with Crippen molar-refractivity contribution in [3.05, 3.63) is 33.9 Å². The van der Waals surface area contributed by atoms with E-state index in [1.165, 1.54) is 23.8 Å². The van der Waals surface area contributed by atoms with Gasteiger partial charge in [0.25, 0.3) is 10.1 Å². The topological polar surface area (TPSA) is 161 Å². The van der Waals surface area contributed by atoms with Crippen LogP contribution >= 0.6 is 0 Å². The molecule has 1 aromatic rings. The average molecular weight is 617 g/mol. The lowest BCUT2D eigenvalue weighted by Crippen LogP contribution is -2.59. The third-order valence-electron chi connectivity index (χ3n) is 8.48. The maximum atomic E-state index is 13.2. The number of ether oxygens (including phenoxy) is 1. The predicted molar refractivity (Wildman–Crippen MR) is 157 cm³/mol. The SMILES string of the molecule is CC(=O)Nc1ccn([C@@H]2O[C@H](CO[Si](C)(C)C(C)(C)C)[C@]3(OS(=O)(=O)C=C3N)[C@H]2O[Si](C)(C)C(C)(C)C)c(=O)n1. The van der Waals surface area contributed by atoms with Crippen molar-refractivity contribution in [1.82, 2.24) is 9.55 Å². The Bertz CT molecular complexity index is 1350. The van der Waals surface area contributed by atoms with Gasteiger partial charge in [0, 0.05) is 13.1 Å². The second-order valence-electron chi connectivity index (χ2n) is 13.5. The molecule has 3 N–H and O–H groups in total. The Labute approximate surface area is 239 Å². The zero-order chi connectivity index (χ0) is 30.7. The number of rotatable bonds is 7. The van der Waals surface area contributed by atoms with E-state index in [0.717, 1.165) is 5.41 Å². The van der Waals surface area contributed by atoms with E-state index in [2.05, 4.69) is 44.2 Å². The molecule has 0 bridgehead atoms. The molecule has 2 aliphatic rings. The zero-order valence-corrected chi connectivity index (χ0v) is 28.1. The van der Waals surface area contributed by atoms with Crippen LogP contribution in [0.3, 0.4) is 0 Å². The summed E-state index contributed by atoms with van der Waals surface area (Å²) in [5, 5.41) is 2.93. The number of nitrogens with zero attached hydrogens (tertiary/aromatic N) is 2. The maximum Gasteiger partial charge on any atom is 0.351 e. The van der Waals surface area contributed by atoms with E-state index in [1.807, 2.05) is 33.9 Å². The molecular formula is C25H44N4O8SSi2. The van der Waals surface area contributed by atoms with E-state index < -0.39 is 56.5 Å². The summed E-state index contributed by atoms with van der Waals surface area (Å²) in [6, 6.07) is 1.45. The highest BCUT2D eigenvalue weighted by Crippen LogP contribution is 2.52. The quantitative estimate of drug-likeness (QED) is 0.343. The van der Waals surface area contributed by atoms with Gasteiger partial charge >= 0.3 is 5.69 Å². The van der Waals surface area contributed by atoms with Gasteiger partial charge in [0.05, 0.1) is 17.7 Å². The molecule has 1 saturated heterocycles. The van der Waals surface area contributed by atoms with Gasteiger partial charge in [-0.25, -0.2) is 8.98 Å². The number of hydrogen-bond acceptors (Lipinski definition) is 10. The van der Waals surface area contributed by atoms with Crippen molar-refractivity contribution < 1.29 is 31.0 Å². The maximum absolute atomic E-state index is 13.2. The number of anilines is 1. The molecule has 2 aliphatic heterocycles. The molecule has 12 nitrogen and oxygen atoms in total. The van der Waals surface area contributed by atoms with E-state index in [0.29, 0.717) is 0 Å². The third kappa shape index (κ3) is 6.15. The summed E-state index contributed by atoms with van der Waals surface area (Å²) in [5.74, 6) is -0.314. The lowest BCUT2D eigenvalue weighted by molar-refractivity contribution is -0.114. The van der Waals surface area contributed by atoms with Crippen LogP contribution in [-0.2, 0) is 32.7 Å². The molecule has 40 heavy (non-hydrogen) atoms. The summed E-state index contributed by atoms with van der Waals surface area (Å²) in [6.45, 7) is 21.8. The van der Waals surface area contributed by atoms with Crippen LogP contribution in [0.4, 0.5) is 5.82 Å². The summed E-state index contributed by atoms with van der Waals surface area (Å²) < 4.78 is 52.4. The monoisotopic (exact) mass is 616 g/mol. The van der Waals surface area contributed by atoms with Crippen molar-refractivity contribution in [2.75, 3.05) is 11.9 Å². The molecule has 0 radical (unpaired) electrons. The van der Waals surface area contributed by atoms with Crippen LogP contribution in [0.1, 0.15) is 54.7 Å². The fourth-order valence-electron chi connectivity index (χ4n) is 4.07. The molecule has 1 aromatic heterocycles. The zero-order valence-electron chi connectivity index (χ0n) is 25.3. The predicted octanol–water partition coefficient (Wildman–Crippen LogP) is 3.41. The van der Waals surface area contributed by atoms with Crippen LogP contribution in [0.15, 0.2) is 28.2 Å². The van der Waals surface area contributed by atoms with Gasteiger partial charge in [-0.1, -0.05) is 41.5 Å². The van der Waals surface area contributed by atoms with Crippen LogP contribution in [0, 0.1) is 0 Å². The van der Waals surface area contributed by atoms with Crippen molar-refractivity contribution >= 4 is 38.5 Å². The lowest BCUT2D eigenvalue weighted by Gasteiger charge is -2.43. The lowest BCUT2D eigenvalue weighted by atomic mass is 9.89. The Morgan fingerprint density at radius 2 is 1.73 bits per heavy atom. The first-order valence-corrected chi connectivity index (χ1v) is 20.5. The summed E-state index contributed by atoms with van der Waals surface area (Å²) in [7, 11) is -9.16. The Balaban J connectivity index is 2.20. The highest BCUT2D eigenvalue weighted by Gasteiger charge is 2.67. The van der Waals surface area contributed by atoms with Gasteiger partial charge in [0.1, 0.15) is 18.0 Å². The first-order chi connectivity index (χ1) is 17.9. The van der Waals surface area contributed by atoms with Crippen molar-refractivity contribution in [3.8, 4) is 0 Å². The standard InChI is InChI=1S/C25H44N4O8SSi2/c1-16(30)27-19-12-13-29(22(31)28-19)21-20(36-40(10,11)24(5,6)7)25(17(26)15-38(32,33)37-25)18(35-21)14-34-39(8,9)23(2,3)4/h12-13,15,18,20-21H,14,26H2,1-11H3,(H,27,28,30,31)/t18-,20+,21-,25+/m1/s1. The third-order valence-corrected chi connectivity index (χ3v) is 18.5. The number of amides is 1. The Morgan fingerprint density at radius 3 is 2.17 bits per heavy atom. The number of hydrogen-bond donors (Lipinski definition) is 2.